The average molecular weight is 622 g/mol. The summed E-state index contributed by atoms with van der Waals surface area (Å²) >= 11 is 6.13. The van der Waals surface area contributed by atoms with Gasteiger partial charge in [-0.05, 0) is 82.1 Å². The van der Waals surface area contributed by atoms with Gasteiger partial charge in [0.25, 0.3) is 5.91 Å². The maximum atomic E-state index is 14.6. The van der Waals surface area contributed by atoms with Gasteiger partial charge in [-0.3, -0.25) is 14.4 Å². The van der Waals surface area contributed by atoms with E-state index in [1.54, 1.807) is 77.4 Å². The predicted octanol–water partition coefficient (Wildman–Crippen LogP) is 4.62. The van der Waals surface area contributed by atoms with Gasteiger partial charge in [0.2, 0.25) is 11.8 Å². The zero-order chi connectivity index (χ0) is 31.8. The van der Waals surface area contributed by atoms with E-state index in [9.17, 15) is 19.5 Å². The molecule has 0 radical (unpaired) electrons. The summed E-state index contributed by atoms with van der Waals surface area (Å²) in [6, 6.07) is 12.3. The Bertz CT molecular complexity index is 1430. The van der Waals surface area contributed by atoms with Crippen molar-refractivity contribution in [2.45, 2.75) is 56.9 Å². The smallest absolute Gasteiger partial charge is 0.253 e. The molecule has 2 aromatic rings. The molecule has 9 nitrogen and oxygen atoms in total. The quantitative estimate of drug-likeness (QED) is 0.347. The van der Waals surface area contributed by atoms with Gasteiger partial charge in [0.15, 0.2) is 0 Å². The summed E-state index contributed by atoms with van der Waals surface area (Å²) in [7, 11) is 0. The molecule has 1 spiro atoms. The molecule has 234 valence electrons. The molecule has 0 aliphatic carbocycles. The van der Waals surface area contributed by atoms with Crippen molar-refractivity contribution in [1.29, 1.82) is 0 Å². The number of carbonyl (C=O) groups excluding carboxylic acids is 3. The number of hydrogen-bond donors (Lipinski definition) is 1. The van der Waals surface area contributed by atoms with Crippen LogP contribution in [0.1, 0.15) is 33.6 Å². The van der Waals surface area contributed by atoms with Crippen molar-refractivity contribution >= 4 is 40.7 Å². The van der Waals surface area contributed by atoms with Crippen LogP contribution >= 0.6 is 11.6 Å². The normalized spacial score (nSPS) is 27.5. The van der Waals surface area contributed by atoms with Crippen LogP contribution in [0.25, 0.3) is 0 Å². The number of ether oxygens (including phenoxy) is 2. The van der Waals surface area contributed by atoms with Gasteiger partial charge in [-0.15, -0.1) is 13.2 Å². The molecule has 2 unspecified atom stereocenters. The first-order valence-corrected chi connectivity index (χ1v) is 15.4. The minimum atomic E-state index is -1.25. The van der Waals surface area contributed by atoms with E-state index < -0.39 is 35.1 Å². The Morgan fingerprint density at radius 1 is 1.07 bits per heavy atom. The van der Waals surface area contributed by atoms with E-state index in [1.165, 1.54) is 4.90 Å². The molecule has 5 rings (SSSR count). The third-order valence-electron chi connectivity index (χ3n) is 9.21. The maximum absolute atomic E-state index is 14.6. The first-order valence-electron chi connectivity index (χ1n) is 15.0. The van der Waals surface area contributed by atoms with E-state index in [4.69, 9.17) is 21.1 Å². The topological polar surface area (TPSA) is 99.6 Å². The van der Waals surface area contributed by atoms with E-state index in [0.717, 1.165) is 0 Å². The Labute approximate surface area is 263 Å². The summed E-state index contributed by atoms with van der Waals surface area (Å²) in [6.45, 7) is 13.7. The second-order valence-electron chi connectivity index (χ2n) is 11.9. The van der Waals surface area contributed by atoms with Gasteiger partial charge in [0.05, 0.1) is 36.7 Å². The summed E-state index contributed by atoms with van der Waals surface area (Å²) in [5.41, 5.74) is -1.00. The lowest BCUT2D eigenvalue weighted by Gasteiger charge is -2.38. The summed E-state index contributed by atoms with van der Waals surface area (Å²) < 4.78 is 12.4. The molecule has 44 heavy (non-hydrogen) atoms. The van der Waals surface area contributed by atoms with Crippen LogP contribution in [0.4, 0.5) is 11.4 Å². The Morgan fingerprint density at radius 2 is 1.64 bits per heavy atom. The molecule has 2 bridgehead atoms. The second kappa shape index (κ2) is 12.4. The van der Waals surface area contributed by atoms with Gasteiger partial charge in [0, 0.05) is 29.5 Å². The van der Waals surface area contributed by atoms with Crippen molar-refractivity contribution < 1.29 is 29.0 Å². The second-order valence-corrected chi connectivity index (χ2v) is 12.3. The summed E-state index contributed by atoms with van der Waals surface area (Å²) in [6.07, 6.45) is 4.17. The zero-order valence-corrected chi connectivity index (χ0v) is 26.2. The van der Waals surface area contributed by atoms with Crippen LogP contribution in [0.15, 0.2) is 73.8 Å². The summed E-state index contributed by atoms with van der Waals surface area (Å²) in [5, 5.41) is 10.8. The highest BCUT2D eigenvalue weighted by Crippen LogP contribution is 2.64. The van der Waals surface area contributed by atoms with Crippen LogP contribution < -0.4 is 14.5 Å². The lowest BCUT2D eigenvalue weighted by Crippen LogP contribution is -2.58. The molecular formula is C34H40ClN3O6. The molecule has 3 amide bonds. The van der Waals surface area contributed by atoms with Crippen molar-refractivity contribution in [3.05, 3.63) is 78.9 Å². The number of fused-ring (bicyclic) bond motifs is 1. The standard InChI is InChI=1S/C34H40ClN3O6/c1-6-19-36(25-13-15-26(16-14-25)43-8-3)30(40)27-28-31(41)38(22(4)21-39)29(34(28)18-17-33(27,5)44-34)32(42)37(20-7-2)24-11-9-23(35)10-12-24/h6-7,9-16,22,27-29,39H,1-2,8,17-21H2,3-5H3/t22-,27+,28+,29?,33-,34?/m1/s1. The highest BCUT2D eigenvalue weighted by Gasteiger charge is 2.78. The monoisotopic (exact) mass is 621 g/mol. The Morgan fingerprint density at radius 3 is 2.18 bits per heavy atom. The number of halogens is 1. The number of amides is 3. The Kier molecular flexibility index (Phi) is 8.94. The fourth-order valence-electron chi connectivity index (χ4n) is 7.31. The molecule has 3 aliphatic rings. The number of aliphatic hydroxyl groups excluding tert-OH is 1. The van der Waals surface area contributed by atoms with E-state index in [1.807, 2.05) is 13.8 Å². The summed E-state index contributed by atoms with van der Waals surface area (Å²) in [5.74, 6) is -2.10. The SMILES string of the molecule is C=CCN(C(=O)C1N([C@H](C)CO)C(=O)[C@@H]2[C@@H](C(=O)N(CC=C)c3ccc(OCC)cc3)[C@@]3(C)CCC12O3)c1ccc(Cl)cc1. The maximum Gasteiger partial charge on any atom is 0.253 e. The van der Waals surface area contributed by atoms with Crippen LogP contribution in [0, 0.1) is 11.8 Å². The predicted molar refractivity (Wildman–Crippen MR) is 170 cm³/mol. The molecule has 10 heteroatoms. The average Bonchev–Trinajstić information content (AvgIpc) is 3.59. The largest absolute Gasteiger partial charge is 0.494 e. The number of rotatable bonds is 12. The van der Waals surface area contributed by atoms with Gasteiger partial charge in [-0.25, -0.2) is 0 Å². The number of benzene rings is 2. The number of nitrogens with zero attached hydrogens (tertiary/aromatic N) is 3. The molecule has 6 atom stereocenters. The molecule has 3 saturated heterocycles. The van der Waals surface area contributed by atoms with Crippen molar-refractivity contribution in [1.82, 2.24) is 4.90 Å². The van der Waals surface area contributed by atoms with E-state index in [2.05, 4.69) is 13.2 Å². The van der Waals surface area contributed by atoms with Gasteiger partial charge in [-0.2, -0.15) is 0 Å². The minimum absolute atomic E-state index is 0.178. The number of likely N-dealkylation sites (tertiary alicyclic amines) is 1. The van der Waals surface area contributed by atoms with Crippen molar-refractivity contribution in [2.75, 3.05) is 36.1 Å². The van der Waals surface area contributed by atoms with Gasteiger partial charge >= 0.3 is 0 Å². The van der Waals surface area contributed by atoms with E-state index in [0.29, 0.717) is 41.6 Å². The highest BCUT2D eigenvalue weighted by molar-refractivity contribution is 6.30. The first-order chi connectivity index (χ1) is 21.1. The molecule has 3 heterocycles. The molecule has 1 N–H and O–H groups in total. The number of hydrogen-bond acceptors (Lipinski definition) is 6. The molecule has 0 aromatic heterocycles. The van der Waals surface area contributed by atoms with Crippen molar-refractivity contribution in [3.8, 4) is 5.75 Å². The number of aliphatic hydroxyl groups is 1. The third-order valence-corrected chi connectivity index (χ3v) is 9.46. The first kappa shape index (κ1) is 31.8. The molecular weight excluding hydrogens is 582 g/mol. The fraction of sp³-hybridized carbons (Fsp3) is 0.441. The van der Waals surface area contributed by atoms with Crippen LogP contribution in [-0.2, 0) is 19.1 Å². The van der Waals surface area contributed by atoms with E-state index >= 15 is 0 Å². The lowest BCUT2D eigenvalue weighted by atomic mass is 9.66. The fourth-order valence-corrected chi connectivity index (χ4v) is 7.44. The molecule has 3 aliphatic heterocycles. The lowest BCUT2D eigenvalue weighted by molar-refractivity contribution is -0.147. The van der Waals surface area contributed by atoms with Gasteiger partial charge in [0.1, 0.15) is 17.4 Å². The number of anilines is 2. The zero-order valence-electron chi connectivity index (χ0n) is 25.4. The van der Waals surface area contributed by atoms with Gasteiger partial charge in [-0.1, -0.05) is 23.8 Å². The Hall–Kier alpha value is -3.66. The molecule has 3 fully saturated rings. The van der Waals surface area contributed by atoms with Crippen LogP contribution in [-0.4, -0.2) is 77.3 Å². The van der Waals surface area contributed by atoms with Crippen LogP contribution in [0.3, 0.4) is 0 Å². The van der Waals surface area contributed by atoms with Crippen molar-refractivity contribution in [2.24, 2.45) is 11.8 Å². The minimum Gasteiger partial charge on any atom is -0.494 e. The van der Waals surface area contributed by atoms with Crippen molar-refractivity contribution in [3.63, 3.8) is 0 Å². The highest BCUT2D eigenvalue weighted by atomic mass is 35.5. The molecule has 2 aromatic carbocycles. The van der Waals surface area contributed by atoms with Gasteiger partial charge < -0.3 is 29.3 Å². The number of carbonyl (C=O) groups is 3. The molecule has 0 saturated carbocycles. The third kappa shape index (κ3) is 5.10. The Balaban J connectivity index is 1.57. The summed E-state index contributed by atoms with van der Waals surface area (Å²) in [4.78, 5) is 48.2. The van der Waals surface area contributed by atoms with Crippen LogP contribution in [0.5, 0.6) is 5.75 Å². The van der Waals surface area contributed by atoms with Crippen LogP contribution in [0.2, 0.25) is 5.02 Å². The van der Waals surface area contributed by atoms with E-state index in [-0.39, 0.29) is 37.4 Å².